The molecule has 0 aromatic heterocycles. The summed E-state index contributed by atoms with van der Waals surface area (Å²) in [7, 11) is 0. The summed E-state index contributed by atoms with van der Waals surface area (Å²) < 4.78 is 0. The van der Waals surface area contributed by atoms with Crippen molar-refractivity contribution in [2.45, 2.75) is 31.2 Å². The van der Waals surface area contributed by atoms with E-state index in [1.54, 1.807) is 0 Å². The Hall–Kier alpha value is -3.58. The third kappa shape index (κ3) is 2.29. The van der Waals surface area contributed by atoms with Crippen LogP contribution in [-0.4, -0.2) is 6.04 Å². The number of benzene rings is 4. The molecule has 0 amide bonds. The highest BCUT2D eigenvalue weighted by Crippen LogP contribution is 2.57. The van der Waals surface area contributed by atoms with Crippen molar-refractivity contribution in [3.63, 3.8) is 0 Å². The maximum atomic E-state index is 3.58. The molecule has 3 aliphatic rings. The van der Waals surface area contributed by atoms with Crippen molar-refractivity contribution in [1.29, 1.82) is 0 Å². The van der Waals surface area contributed by atoms with Crippen LogP contribution in [0, 0.1) is 0 Å². The van der Waals surface area contributed by atoms with E-state index >= 15 is 0 Å². The largest absolute Gasteiger partial charge is 0.384 e. The Morgan fingerprint density at radius 1 is 0.719 bits per heavy atom. The first-order chi connectivity index (χ1) is 15.9. The highest BCUT2D eigenvalue weighted by Gasteiger charge is 2.40. The Balaban J connectivity index is 1.68. The molecule has 7 rings (SSSR count). The van der Waals surface area contributed by atoms with Gasteiger partial charge in [-0.3, -0.25) is 0 Å². The first-order valence-corrected chi connectivity index (χ1v) is 11.7. The summed E-state index contributed by atoms with van der Waals surface area (Å²) in [5.41, 5.74) is 8.72. The topological polar surface area (TPSA) is 12.0 Å². The summed E-state index contributed by atoms with van der Waals surface area (Å²) in [5.74, 6) is 0.698. The van der Waals surface area contributed by atoms with Crippen LogP contribution in [0.3, 0.4) is 0 Å². The SMILES string of the molecule is CCC1NC=CC2=C1C=CC1c3ccccc3-c3c(c4ccccc4c4ccccc34)C21. The zero-order chi connectivity index (χ0) is 21.2. The minimum atomic E-state index is 0.335. The predicted molar refractivity (Wildman–Crippen MR) is 135 cm³/mol. The minimum Gasteiger partial charge on any atom is -0.384 e. The number of rotatable bonds is 1. The van der Waals surface area contributed by atoms with Crippen molar-refractivity contribution in [3.05, 3.63) is 119 Å². The third-order valence-electron chi connectivity index (χ3n) is 7.73. The molecule has 0 saturated carbocycles. The molecule has 1 nitrogen and oxygen atoms in total. The molecular weight excluding hydrogens is 386 g/mol. The molecule has 4 aromatic rings. The molecule has 0 fully saturated rings. The maximum Gasteiger partial charge on any atom is 0.0508 e. The van der Waals surface area contributed by atoms with Crippen molar-refractivity contribution in [1.82, 2.24) is 5.32 Å². The average Bonchev–Trinajstić information content (AvgIpc) is 2.87. The van der Waals surface area contributed by atoms with Crippen LogP contribution in [0.2, 0.25) is 0 Å². The van der Waals surface area contributed by atoms with Gasteiger partial charge >= 0.3 is 0 Å². The number of allylic oxidation sites excluding steroid dienone is 3. The second kappa shape index (κ2) is 6.71. The second-order valence-electron chi connectivity index (χ2n) is 9.20. The minimum absolute atomic E-state index is 0.335. The molecule has 0 spiro atoms. The van der Waals surface area contributed by atoms with Crippen LogP contribution in [0.1, 0.15) is 36.3 Å². The molecule has 1 aliphatic heterocycles. The maximum absolute atomic E-state index is 3.58. The number of hydrogen-bond acceptors (Lipinski definition) is 1. The van der Waals surface area contributed by atoms with Crippen molar-refractivity contribution in [2.24, 2.45) is 0 Å². The smallest absolute Gasteiger partial charge is 0.0508 e. The van der Waals surface area contributed by atoms with Crippen LogP contribution in [0.25, 0.3) is 32.7 Å². The Morgan fingerprint density at radius 3 is 2.22 bits per heavy atom. The van der Waals surface area contributed by atoms with Crippen molar-refractivity contribution < 1.29 is 0 Å². The van der Waals surface area contributed by atoms with E-state index in [4.69, 9.17) is 0 Å². The van der Waals surface area contributed by atoms with Crippen LogP contribution < -0.4 is 5.32 Å². The molecule has 0 saturated heterocycles. The fourth-order valence-corrected chi connectivity index (χ4v) is 6.40. The first-order valence-electron chi connectivity index (χ1n) is 11.7. The molecule has 4 aromatic carbocycles. The quantitative estimate of drug-likeness (QED) is 0.318. The molecule has 32 heavy (non-hydrogen) atoms. The fourth-order valence-electron chi connectivity index (χ4n) is 6.40. The molecule has 3 unspecified atom stereocenters. The molecule has 2 aliphatic carbocycles. The van der Waals surface area contributed by atoms with E-state index in [2.05, 4.69) is 109 Å². The van der Waals surface area contributed by atoms with Gasteiger partial charge in [0.15, 0.2) is 0 Å². The van der Waals surface area contributed by atoms with Gasteiger partial charge in [0.2, 0.25) is 0 Å². The van der Waals surface area contributed by atoms with Crippen LogP contribution in [0.5, 0.6) is 0 Å². The monoisotopic (exact) mass is 411 g/mol. The standard InChI is InChI=1S/C31H25N/c1-2-28-22-15-16-26-21-11-5-7-13-24(21)29-23-12-6-3-9-19(23)20-10-4-8-14-25(20)31(29)30(26)27(22)17-18-32-28/h3-18,26,28,30,32H,2H2,1H3. The first kappa shape index (κ1) is 18.0. The van der Waals surface area contributed by atoms with Gasteiger partial charge in [-0.15, -0.1) is 0 Å². The van der Waals surface area contributed by atoms with E-state index in [1.165, 1.54) is 54.9 Å². The highest BCUT2D eigenvalue weighted by atomic mass is 14.9. The number of hydrogen-bond donors (Lipinski definition) is 1. The van der Waals surface area contributed by atoms with Gasteiger partial charge in [0.25, 0.3) is 0 Å². The lowest BCUT2D eigenvalue weighted by Gasteiger charge is -2.41. The predicted octanol–water partition coefficient (Wildman–Crippen LogP) is 7.60. The summed E-state index contributed by atoms with van der Waals surface area (Å²) in [5, 5.41) is 9.06. The Labute approximate surface area is 188 Å². The molecule has 1 heterocycles. The van der Waals surface area contributed by atoms with Crippen molar-refractivity contribution >= 4 is 21.5 Å². The van der Waals surface area contributed by atoms with Crippen LogP contribution in [0.4, 0.5) is 0 Å². The average molecular weight is 412 g/mol. The molecule has 154 valence electrons. The number of nitrogens with one attached hydrogen (secondary N) is 1. The van der Waals surface area contributed by atoms with E-state index in [-0.39, 0.29) is 0 Å². The van der Waals surface area contributed by atoms with Gasteiger partial charge in [-0.05, 0) is 73.6 Å². The summed E-state index contributed by atoms with van der Waals surface area (Å²) in [6, 6.07) is 27.4. The zero-order valence-electron chi connectivity index (χ0n) is 18.2. The summed E-state index contributed by atoms with van der Waals surface area (Å²) in [6.45, 7) is 2.27. The molecule has 0 bridgehead atoms. The lowest BCUT2D eigenvalue weighted by atomic mass is 9.63. The van der Waals surface area contributed by atoms with Gasteiger partial charge in [-0.1, -0.05) is 91.9 Å². The normalized spacial score (nSPS) is 22.8. The fraction of sp³-hybridized carbons (Fsp3) is 0.161. The second-order valence-corrected chi connectivity index (χ2v) is 9.20. The molecular formula is C31H25N. The van der Waals surface area contributed by atoms with E-state index in [9.17, 15) is 0 Å². The van der Waals surface area contributed by atoms with Gasteiger partial charge < -0.3 is 5.32 Å². The third-order valence-corrected chi connectivity index (χ3v) is 7.73. The molecule has 1 N–H and O–H groups in total. The molecule has 1 heteroatoms. The Bertz CT molecular complexity index is 1500. The summed E-state index contributed by atoms with van der Waals surface area (Å²) in [6.07, 6.45) is 10.5. The van der Waals surface area contributed by atoms with Gasteiger partial charge in [0, 0.05) is 11.8 Å². The van der Waals surface area contributed by atoms with Crippen LogP contribution in [0.15, 0.2) is 108 Å². The van der Waals surface area contributed by atoms with E-state index < -0.39 is 0 Å². The van der Waals surface area contributed by atoms with Gasteiger partial charge in [0.05, 0.1) is 6.04 Å². The van der Waals surface area contributed by atoms with E-state index in [1.807, 2.05) is 0 Å². The van der Waals surface area contributed by atoms with Crippen LogP contribution in [-0.2, 0) is 0 Å². The Kier molecular flexibility index (Phi) is 3.78. The van der Waals surface area contributed by atoms with E-state index in [0.29, 0.717) is 17.9 Å². The Morgan fingerprint density at radius 2 is 1.41 bits per heavy atom. The summed E-state index contributed by atoms with van der Waals surface area (Å²) >= 11 is 0. The van der Waals surface area contributed by atoms with Crippen LogP contribution >= 0.6 is 0 Å². The number of dihydropyridines is 1. The number of fused-ring (bicyclic) bond motifs is 12. The molecule has 0 radical (unpaired) electrons. The zero-order valence-corrected chi connectivity index (χ0v) is 18.2. The lowest BCUT2D eigenvalue weighted by molar-refractivity contribution is 0.603. The van der Waals surface area contributed by atoms with Gasteiger partial charge in [-0.25, -0.2) is 0 Å². The van der Waals surface area contributed by atoms with Gasteiger partial charge in [-0.2, -0.15) is 0 Å². The summed E-state index contributed by atoms with van der Waals surface area (Å²) in [4.78, 5) is 0. The van der Waals surface area contributed by atoms with Crippen molar-refractivity contribution in [3.8, 4) is 11.1 Å². The van der Waals surface area contributed by atoms with Crippen molar-refractivity contribution in [2.75, 3.05) is 0 Å². The lowest BCUT2D eigenvalue weighted by Crippen LogP contribution is -2.33. The van der Waals surface area contributed by atoms with E-state index in [0.717, 1.165) is 6.42 Å². The highest BCUT2D eigenvalue weighted by molar-refractivity contribution is 6.17. The molecule has 3 atom stereocenters. The van der Waals surface area contributed by atoms with Gasteiger partial charge in [0.1, 0.15) is 0 Å².